The van der Waals surface area contributed by atoms with Crippen molar-refractivity contribution in [2.24, 2.45) is 5.73 Å². The fraction of sp³-hybridized carbons (Fsp3) is 0.523. The number of phenols is 1. The first-order valence-electron chi connectivity index (χ1n) is 43.8. The monoisotopic (exact) mass is 1820 g/mol. The van der Waals surface area contributed by atoms with E-state index in [2.05, 4.69) is 78.4 Å². The minimum atomic E-state index is -1.88. The summed E-state index contributed by atoms with van der Waals surface area (Å²) in [4.78, 5) is 269. The van der Waals surface area contributed by atoms with Gasteiger partial charge in [-0.3, -0.25) is 81.5 Å². The average molecular weight is 1820 g/mol. The molecule has 4 aliphatic rings. The normalized spacial score (nSPS) is 26.1. The van der Waals surface area contributed by atoms with Crippen molar-refractivity contribution in [2.45, 2.75) is 228 Å². The molecule has 0 aliphatic carbocycles. The molecule has 15 atom stereocenters. The lowest BCUT2D eigenvalue weighted by Crippen LogP contribution is -2.61. The molecule has 0 spiro atoms. The van der Waals surface area contributed by atoms with Crippen LogP contribution < -0.4 is 64.2 Å². The number of para-hydroxylation sites is 2. The largest absolute Gasteiger partial charge is 0.508 e. The highest BCUT2D eigenvalue weighted by Crippen LogP contribution is 2.28. The quantitative estimate of drug-likeness (QED) is 0.0426. The fourth-order valence-electron chi connectivity index (χ4n) is 16.4. The number of aromatic amines is 3. The number of primary amides is 1. The number of nitrogens with two attached hydrogens (primary N) is 1. The van der Waals surface area contributed by atoms with Crippen molar-refractivity contribution in [3.63, 3.8) is 0 Å². The van der Waals surface area contributed by atoms with Gasteiger partial charge in [-0.05, 0) is 99.7 Å². The summed E-state index contributed by atoms with van der Waals surface area (Å²) in [7, 11) is 3.98. The molecule has 4 saturated heterocycles. The Kier molecular flexibility index (Phi) is 35.7. The third-order valence-corrected chi connectivity index (χ3v) is 25.0. The molecule has 19 N–H and O–H groups in total. The van der Waals surface area contributed by atoms with Crippen LogP contribution in [-0.4, -0.2) is 316 Å². The highest BCUT2D eigenvalue weighted by atomic mass is 32.2. The molecule has 7 heterocycles. The van der Waals surface area contributed by atoms with Crippen LogP contribution in [0, 0.1) is 0 Å². The molecule has 10 rings (SSSR count). The Morgan fingerprint density at radius 2 is 1.11 bits per heavy atom. The molecule has 41 nitrogen and oxygen atoms in total. The first kappa shape index (κ1) is 99.2. The number of rotatable bonds is 18. The number of amides is 17. The molecule has 3 aromatic carbocycles. The Hall–Kier alpha value is -13.0. The van der Waals surface area contributed by atoms with Crippen LogP contribution in [0.4, 0.5) is 0 Å². The van der Waals surface area contributed by atoms with Gasteiger partial charge >= 0.3 is 0 Å². The lowest BCUT2D eigenvalue weighted by molar-refractivity contribution is -0.149. The van der Waals surface area contributed by atoms with Gasteiger partial charge in [0.2, 0.25) is 100 Å². The van der Waals surface area contributed by atoms with E-state index in [0.717, 1.165) is 31.4 Å². The minimum absolute atomic E-state index is 0.0204. The number of fused-ring (bicyclic) bond motifs is 12. The average Bonchev–Trinajstić information content (AvgIpc) is 1.70. The molecule has 2 bridgehead atoms. The molecule has 4 fully saturated rings. The number of aromatic nitrogens is 4. The lowest BCUT2D eigenvalue weighted by atomic mass is 10.00. The van der Waals surface area contributed by atoms with Gasteiger partial charge in [0.25, 0.3) is 0 Å². The molecular formula is C88H119N21O20S. The van der Waals surface area contributed by atoms with Gasteiger partial charge in [-0.2, -0.15) is 0 Å². The highest BCUT2D eigenvalue weighted by Gasteiger charge is 2.47. The number of aliphatic hydroxyl groups is 2. The number of hydrogen-bond donors (Lipinski definition) is 18. The van der Waals surface area contributed by atoms with E-state index in [4.69, 9.17) is 5.73 Å². The fourth-order valence-corrected chi connectivity index (χ4v) is 17.3. The van der Waals surface area contributed by atoms with E-state index < -0.39 is 229 Å². The molecule has 0 unspecified atom stereocenters. The summed E-state index contributed by atoms with van der Waals surface area (Å²) < 4.78 is 0. The Morgan fingerprint density at radius 1 is 0.546 bits per heavy atom. The van der Waals surface area contributed by atoms with Crippen LogP contribution in [-0.2, 0) is 107 Å². The van der Waals surface area contributed by atoms with Crippen LogP contribution in [0.3, 0.4) is 0 Å². The number of carbonyl (C=O) groups is 17. The van der Waals surface area contributed by atoms with Crippen molar-refractivity contribution in [2.75, 3.05) is 65.4 Å². The first-order chi connectivity index (χ1) is 62.2. The molecule has 702 valence electrons. The van der Waals surface area contributed by atoms with Crippen molar-refractivity contribution in [1.29, 1.82) is 0 Å². The standard InChI is InChI=1S/C88H119N21O20S/c1-8-10-23-68-81(122)96-48(3)75(116)104-67(77(118)94-42-72(89)113)45-130-46-74(115)97-64(34-50-26-28-54(111)29-27-50)84(125)105(5)49(4)76(117)98-61-30-31-73(114)91-32-16-22-60(99-79(120)63(37-53-41-90-47-95-53)101-82(123)69-25-17-33-108(69)86(61)127)87(128)109-43-55(112)38-71(109)83(124)100-62(35-51-39-92-58-20-14-12-18-56(51)58)78(119)103-66(44-110)80(121)102-65(36-52-40-93-59-21-15-13-19-57(52)59)85(126)107(7)70(24-11-9-2)88(129)106(68)6/h12-15,18-21,26-29,39-41,47-49,55,60-71,92-93,110-112H,8-11,16-17,22-25,30-38,42-46H2,1-7H3,(H2,89,113)(H,90,95)(H,91,114)(H,94,118)(H,96,122)(H,97,115)(H,98,117)(H,99,120)(H,100,124)(H,101,123)(H,102,121)(H,103,119)(H,104,116)/t48-,49-,55+,60-,61-,62-,63-,64-,65-,66-,67-,68-,69-,70-,71-/m0/s1. The number of aromatic hydroxyl groups is 1. The van der Waals surface area contributed by atoms with E-state index in [0.29, 0.717) is 69.9 Å². The van der Waals surface area contributed by atoms with Crippen LogP contribution in [0.2, 0.25) is 0 Å². The summed E-state index contributed by atoms with van der Waals surface area (Å²) >= 11 is 0.797. The molecule has 0 saturated carbocycles. The van der Waals surface area contributed by atoms with Crippen molar-refractivity contribution < 1.29 is 96.8 Å². The SMILES string of the molecule is CCCC[C@H]1C(=O)N(C)[C@@H](CCCC)C(=O)N[C@@H](C)C(=O)N[C@H](C(=O)NCC(N)=O)CSCC(=O)N[C@@H](Cc2ccc(O)cc2)C(=O)N(C)[C@@H](C)C(=O)N[C@H]2CCC(=O)NCCC[C@H](NC(=O)[C@H](Cc3cnc[nH]3)NC(=O)[C@@H]3CCCN3C2=O)C(=O)N2C[C@H](O)C[C@H]2C(=O)N[C@@H](Cc2c[nH]c3ccccc23)C(=O)N[C@@H](CO)C(=O)N[C@@H](Cc2c[nH]c3ccccc23)C(=O)N1C. The van der Waals surface area contributed by atoms with Gasteiger partial charge in [0, 0.05) is 131 Å². The van der Waals surface area contributed by atoms with E-state index in [1.165, 1.54) is 76.7 Å². The van der Waals surface area contributed by atoms with E-state index >= 15 is 38.4 Å². The van der Waals surface area contributed by atoms with E-state index in [9.17, 15) is 58.5 Å². The van der Waals surface area contributed by atoms with E-state index in [1.54, 1.807) is 60.9 Å². The number of H-pyrrole nitrogens is 3. The second-order valence-corrected chi connectivity index (χ2v) is 34.4. The van der Waals surface area contributed by atoms with Crippen molar-refractivity contribution in [3.05, 3.63) is 120 Å². The zero-order valence-electron chi connectivity index (χ0n) is 73.8. The van der Waals surface area contributed by atoms with Gasteiger partial charge in [-0.1, -0.05) is 88.1 Å². The van der Waals surface area contributed by atoms with Gasteiger partial charge in [0.1, 0.15) is 90.3 Å². The number of likely N-dealkylation sites (N-methyl/N-ethyl adjacent to an activating group) is 3. The summed E-state index contributed by atoms with van der Waals surface area (Å²) in [6.07, 6.45) is 4.05. The topological polar surface area (TPSA) is 586 Å². The Bertz CT molecular complexity index is 5070. The summed E-state index contributed by atoms with van der Waals surface area (Å²) in [6, 6.07) is -1.45. The molecule has 0 radical (unpaired) electrons. The van der Waals surface area contributed by atoms with E-state index in [-0.39, 0.29) is 95.2 Å². The smallest absolute Gasteiger partial charge is 0.245 e. The van der Waals surface area contributed by atoms with Gasteiger partial charge in [-0.15, -0.1) is 11.8 Å². The van der Waals surface area contributed by atoms with Crippen molar-refractivity contribution in [1.82, 2.24) is 103 Å². The van der Waals surface area contributed by atoms with Gasteiger partial charge in [0.15, 0.2) is 0 Å². The maximum absolute atomic E-state index is 15.6. The molecule has 6 aromatic rings. The van der Waals surface area contributed by atoms with Crippen LogP contribution in [0.15, 0.2) is 97.7 Å². The third kappa shape index (κ3) is 26.2. The predicted molar refractivity (Wildman–Crippen MR) is 475 cm³/mol. The number of nitrogens with one attached hydrogen (secondary N) is 14. The van der Waals surface area contributed by atoms with Gasteiger partial charge < -0.3 is 119 Å². The summed E-state index contributed by atoms with van der Waals surface area (Å²) in [5.74, 6) is -16.1. The zero-order chi connectivity index (χ0) is 94.2. The highest BCUT2D eigenvalue weighted by molar-refractivity contribution is 8.00. The maximum Gasteiger partial charge on any atom is 0.245 e. The number of aliphatic hydroxyl groups excluding tert-OH is 2. The Balaban J connectivity index is 1.02. The molecule has 4 aliphatic heterocycles. The van der Waals surface area contributed by atoms with Gasteiger partial charge in [-0.25, -0.2) is 4.98 Å². The minimum Gasteiger partial charge on any atom is -0.508 e. The summed E-state index contributed by atoms with van der Waals surface area (Å²) in [5, 5.41) is 63.5. The number of phenolic OH excluding ortho intramolecular Hbond substituents is 1. The number of thioether (sulfide) groups is 1. The van der Waals surface area contributed by atoms with Crippen LogP contribution >= 0.6 is 11.8 Å². The Morgan fingerprint density at radius 3 is 1.75 bits per heavy atom. The number of nitrogens with zero attached hydrogens (tertiary/aromatic N) is 6. The predicted octanol–water partition coefficient (Wildman–Crippen LogP) is -2.40. The van der Waals surface area contributed by atoms with E-state index in [1.807, 2.05) is 13.8 Å². The maximum atomic E-state index is 15.6. The first-order valence-corrected chi connectivity index (χ1v) is 45.0. The number of imidazole rings is 1. The lowest BCUT2D eigenvalue weighted by Gasteiger charge is -2.36. The molecule has 42 heteroatoms. The summed E-state index contributed by atoms with van der Waals surface area (Å²) in [6.45, 7) is 3.84. The molecule has 17 amide bonds. The van der Waals surface area contributed by atoms with Crippen LogP contribution in [0.5, 0.6) is 5.75 Å². The summed E-state index contributed by atoms with van der Waals surface area (Å²) in [5.41, 5.74) is 8.44. The van der Waals surface area contributed by atoms with Crippen molar-refractivity contribution in [3.8, 4) is 5.75 Å². The number of carbonyl (C=O) groups excluding carboxylic acids is 17. The van der Waals surface area contributed by atoms with Crippen molar-refractivity contribution >= 4 is 134 Å². The second kappa shape index (κ2) is 46.8. The van der Waals surface area contributed by atoms with Gasteiger partial charge in [0.05, 0.1) is 31.3 Å². The van der Waals surface area contributed by atoms with Crippen LogP contribution in [0.25, 0.3) is 21.8 Å². The molecule has 130 heavy (non-hydrogen) atoms. The molecule has 3 aromatic heterocycles. The number of unbranched alkanes of at least 4 members (excludes halogenated alkanes) is 2. The zero-order valence-corrected chi connectivity index (χ0v) is 74.6. The second-order valence-electron chi connectivity index (χ2n) is 33.4. The van der Waals surface area contributed by atoms with Crippen LogP contribution in [0.1, 0.15) is 134 Å². The third-order valence-electron chi connectivity index (χ3n) is 24.0. The molecular weight excluding hydrogens is 1700 g/mol. The number of hydrogen-bond acceptors (Lipinski definition) is 22. The Labute approximate surface area is 754 Å². The number of benzene rings is 3.